The van der Waals surface area contributed by atoms with Crippen LogP contribution in [0.4, 0.5) is 0 Å². The van der Waals surface area contributed by atoms with E-state index in [1.807, 2.05) is 13.8 Å². The van der Waals surface area contributed by atoms with E-state index in [1.165, 1.54) is 0 Å². The summed E-state index contributed by atoms with van der Waals surface area (Å²) in [6.45, 7) is 4.39. The molecule has 1 unspecified atom stereocenters. The normalized spacial score (nSPS) is 13.1. The molecular formula is C11H25N5OS. The minimum atomic E-state index is -0.522. The van der Waals surface area contributed by atoms with Crippen molar-refractivity contribution in [1.82, 2.24) is 16.0 Å². The second-order valence-corrected chi connectivity index (χ2v) is 5.65. The molecule has 0 amide bonds. The summed E-state index contributed by atoms with van der Waals surface area (Å²) >= 11 is 1.66. The Balaban J connectivity index is 4.04. The lowest BCUT2D eigenvalue weighted by Gasteiger charge is -2.27. The van der Waals surface area contributed by atoms with Crippen molar-refractivity contribution in [3.8, 4) is 0 Å². The van der Waals surface area contributed by atoms with Crippen LogP contribution in [0.2, 0.25) is 0 Å². The second kappa shape index (κ2) is 8.34. The molecule has 0 spiro atoms. The zero-order valence-electron chi connectivity index (χ0n) is 11.6. The van der Waals surface area contributed by atoms with Crippen LogP contribution in [0.25, 0.3) is 0 Å². The number of guanidine groups is 1. The first-order valence-electron chi connectivity index (χ1n) is 5.91. The number of carbonyl (C=O) groups excluding carboxylic acids is 1. The van der Waals surface area contributed by atoms with E-state index in [-0.39, 0.29) is 17.8 Å². The molecule has 106 valence electrons. The third-order valence-electron chi connectivity index (χ3n) is 2.75. The molecule has 0 heterocycles. The molecule has 1 atom stereocenters. The van der Waals surface area contributed by atoms with E-state index in [1.54, 1.807) is 25.9 Å². The number of nitrogens with two attached hydrogens (primary N) is 1. The largest absolute Gasteiger partial charge is 0.370 e. The Morgan fingerprint density at radius 2 is 2.06 bits per heavy atom. The van der Waals surface area contributed by atoms with Crippen LogP contribution in [0, 0.1) is 5.41 Å². The van der Waals surface area contributed by atoms with E-state index in [4.69, 9.17) is 11.1 Å². The molecule has 6 N–H and O–H groups in total. The van der Waals surface area contributed by atoms with Crippen LogP contribution in [0.15, 0.2) is 0 Å². The molecule has 0 aromatic rings. The maximum absolute atomic E-state index is 12.2. The Kier molecular flexibility index (Phi) is 7.97. The number of thioether (sulfide) groups is 1. The Morgan fingerprint density at radius 3 is 2.50 bits per heavy atom. The number of likely N-dealkylation sites (N-methyl/N-ethyl adjacent to an activating group) is 2. The van der Waals surface area contributed by atoms with Gasteiger partial charge in [-0.3, -0.25) is 10.2 Å². The fraction of sp³-hybridized carbons (Fsp3) is 0.818. The number of rotatable bonds is 9. The second-order valence-electron chi connectivity index (χ2n) is 4.50. The molecule has 0 saturated heterocycles. The van der Waals surface area contributed by atoms with Gasteiger partial charge in [-0.15, -0.1) is 0 Å². The van der Waals surface area contributed by atoms with Gasteiger partial charge in [-0.05, 0) is 27.9 Å². The van der Waals surface area contributed by atoms with Gasteiger partial charge in [0.2, 0.25) is 0 Å². The van der Waals surface area contributed by atoms with Crippen LogP contribution in [0.5, 0.6) is 0 Å². The van der Waals surface area contributed by atoms with Gasteiger partial charge in [0.25, 0.3) is 0 Å². The van der Waals surface area contributed by atoms with Crippen molar-refractivity contribution in [2.75, 3.05) is 32.1 Å². The summed E-state index contributed by atoms with van der Waals surface area (Å²) < 4.78 is 0. The summed E-state index contributed by atoms with van der Waals surface area (Å²) in [4.78, 5) is 12.2. The van der Waals surface area contributed by atoms with Crippen molar-refractivity contribution >= 4 is 23.5 Å². The van der Waals surface area contributed by atoms with Crippen molar-refractivity contribution in [2.24, 2.45) is 5.73 Å². The summed E-state index contributed by atoms with van der Waals surface area (Å²) in [6.07, 6.45) is 0. The summed E-state index contributed by atoms with van der Waals surface area (Å²) in [7, 11) is 3.58. The van der Waals surface area contributed by atoms with Crippen LogP contribution in [-0.2, 0) is 4.79 Å². The lowest BCUT2D eigenvalue weighted by Crippen LogP contribution is -2.54. The van der Waals surface area contributed by atoms with Crippen LogP contribution >= 0.6 is 11.8 Å². The number of nitrogens with one attached hydrogen (secondary N) is 4. The first-order valence-corrected chi connectivity index (χ1v) is 7.06. The van der Waals surface area contributed by atoms with Gasteiger partial charge >= 0.3 is 0 Å². The molecule has 0 aliphatic heterocycles. The Morgan fingerprint density at radius 1 is 1.44 bits per heavy atom. The van der Waals surface area contributed by atoms with E-state index in [0.29, 0.717) is 12.3 Å². The molecule has 0 aromatic carbocycles. The maximum atomic E-state index is 12.2. The Hall–Kier alpha value is -0.790. The van der Waals surface area contributed by atoms with E-state index in [9.17, 15) is 4.79 Å². The highest BCUT2D eigenvalue weighted by Gasteiger charge is 2.31. The number of hydrogen-bond donors (Lipinski definition) is 5. The molecular weight excluding hydrogens is 250 g/mol. The highest BCUT2D eigenvalue weighted by molar-refractivity contribution is 7.99. The molecule has 0 radical (unpaired) electrons. The van der Waals surface area contributed by atoms with Crippen molar-refractivity contribution in [3.63, 3.8) is 0 Å². The summed E-state index contributed by atoms with van der Waals surface area (Å²) in [5.41, 5.74) is 4.65. The molecule has 0 bridgehead atoms. The van der Waals surface area contributed by atoms with Gasteiger partial charge in [-0.1, -0.05) is 0 Å². The predicted molar refractivity (Wildman–Crippen MR) is 78.2 cm³/mol. The van der Waals surface area contributed by atoms with Gasteiger partial charge in [0.1, 0.15) is 0 Å². The van der Waals surface area contributed by atoms with Crippen LogP contribution in [0.3, 0.4) is 0 Å². The molecule has 0 rings (SSSR count). The molecule has 18 heavy (non-hydrogen) atoms. The lowest BCUT2D eigenvalue weighted by molar-refractivity contribution is -0.125. The Bertz CT molecular complexity index is 283. The topological polar surface area (TPSA) is 103 Å². The maximum Gasteiger partial charge on any atom is 0.185 e. The fourth-order valence-electron chi connectivity index (χ4n) is 1.31. The number of ketones is 1. The zero-order valence-corrected chi connectivity index (χ0v) is 12.4. The minimum Gasteiger partial charge on any atom is -0.370 e. The molecule has 7 heteroatoms. The average molecular weight is 275 g/mol. The number of hydrogen-bond acceptors (Lipinski definition) is 5. The van der Waals surface area contributed by atoms with Crippen molar-refractivity contribution in [1.29, 1.82) is 5.41 Å². The van der Waals surface area contributed by atoms with Crippen LogP contribution in [-0.4, -0.2) is 55.5 Å². The molecule has 0 saturated carbocycles. The van der Waals surface area contributed by atoms with E-state index >= 15 is 0 Å². The highest BCUT2D eigenvalue weighted by atomic mass is 32.2. The third-order valence-corrected chi connectivity index (χ3v) is 3.81. The van der Waals surface area contributed by atoms with E-state index < -0.39 is 5.54 Å². The predicted octanol–water partition coefficient (Wildman–Crippen LogP) is -0.642. The SMILES string of the molecule is CNC(CSCCNC(=N)N)C(=O)C(C)(C)NC. The van der Waals surface area contributed by atoms with Crippen LogP contribution in [0.1, 0.15) is 13.8 Å². The molecule has 0 aliphatic carbocycles. The Labute approximate surface area is 113 Å². The zero-order chi connectivity index (χ0) is 14.2. The third kappa shape index (κ3) is 6.23. The summed E-state index contributed by atoms with van der Waals surface area (Å²) in [6, 6.07) is -0.172. The summed E-state index contributed by atoms with van der Waals surface area (Å²) in [5.74, 6) is 1.65. The molecule has 0 aliphatic rings. The van der Waals surface area contributed by atoms with Gasteiger partial charge in [-0.2, -0.15) is 11.8 Å². The van der Waals surface area contributed by atoms with Gasteiger partial charge in [0, 0.05) is 18.1 Å². The molecule has 0 fully saturated rings. The van der Waals surface area contributed by atoms with Crippen LogP contribution < -0.4 is 21.7 Å². The quantitative estimate of drug-likeness (QED) is 0.218. The number of carbonyl (C=O) groups is 1. The van der Waals surface area contributed by atoms with Crippen molar-refractivity contribution in [3.05, 3.63) is 0 Å². The first-order chi connectivity index (χ1) is 8.35. The molecule has 0 aromatic heterocycles. The lowest BCUT2D eigenvalue weighted by atomic mass is 9.94. The van der Waals surface area contributed by atoms with Crippen molar-refractivity contribution in [2.45, 2.75) is 25.4 Å². The van der Waals surface area contributed by atoms with E-state index in [0.717, 1.165) is 5.75 Å². The van der Waals surface area contributed by atoms with Gasteiger partial charge in [0.05, 0.1) is 11.6 Å². The smallest absolute Gasteiger partial charge is 0.185 e. The van der Waals surface area contributed by atoms with Gasteiger partial charge in [0.15, 0.2) is 11.7 Å². The van der Waals surface area contributed by atoms with E-state index in [2.05, 4.69) is 16.0 Å². The highest BCUT2D eigenvalue weighted by Crippen LogP contribution is 2.10. The molecule has 6 nitrogen and oxygen atoms in total. The average Bonchev–Trinajstić information content (AvgIpc) is 2.32. The van der Waals surface area contributed by atoms with Gasteiger partial charge in [-0.25, -0.2) is 0 Å². The van der Waals surface area contributed by atoms with Crippen molar-refractivity contribution < 1.29 is 4.79 Å². The minimum absolute atomic E-state index is 0.0202. The first kappa shape index (κ1) is 17.2. The number of Topliss-reactive ketones (excluding diaryl/α,β-unsaturated/α-hetero) is 1. The standard InChI is InChI=1S/C11H25N5OS/c1-11(2,15-4)9(17)8(14-3)7-18-6-5-16-10(12)13/h8,14-15H,5-7H2,1-4H3,(H4,12,13,16). The summed E-state index contributed by atoms with van der Waals surface area (Å²) in [5, 5.41) is 15.8. The van der Waals surface area contributed by atoms with Gasteiger partial charge < -0.3 is 21.7 Å². The fourth-order valence-corrected chi connectivity index (χ4v) is 2.27. The monoisotopic (exact) mass is 275 g/mol.